The molecule has 0 spiro atoms. The number of rotatable bonds is 6. The zero-order valence-corrected chi connectivity index (χ0v) is 12.6. The summed E-state index contributed by atoms with van der Waals surface area (Å²) in [6.45, 7) is 0.677. The fraction of sp³-hybridized carbons (Fsp3) is 0.286. The molecule has 2 aromatic rings. The molecular weight excluding hydrogens is 310 g/mol. The third kappa shape index (κ3) is 4.12. The zero-order chi connectivity index (χ0) is 12.8. The highest BCUT2D eigenvalue weighted by atomic mass is 79.9. The van der Waals surface area contributed by atoms with E-state index in [1.54, 1.807) is 11.3 Å². The van der Waals surface area contributed by atoms with E-state index in [9.17, 15) is 0 Å². The van der Waals surface area contributed by atoms with E-state index in [4.69, 9.17) is 4.74 Å². The van der Waals surface area contributed by atoms with Gasteiger partial charge in [0.05, 0.1) is 0 Å². The van der Waals surface area contributed by atoms with Crippen LogP contribution in [0.1, 0.15) is 4.88 Å². The molecule has 0 aliphatic rings. The maximum atomic E-state index is 5.77. The average molecular weight is 326 g/mol. The van der Waals surface area contributed by atoms with Gasteiger partial charge in [0.2, 0.25) is 0 Å². The molecule has 0 saturated carbocycles. The van der Waals surface area contributed by atoms with Crippen molar-refractivity contribution in [2.24, 2.45) is 0 Å². The molecule has 0 radical (unpaired) electrons. The van der Waals surface area contributed by atoms with E-state index in [0.717, 1.165) is 16.6 Å². The molecule has 1 atom stereocenters. The van der Waals surface area contributed by atoms with E-state index in [2.05, 4.69) is 32.7 Å². The quantitative estimate of drug-likeness (QED) is 0.874. The number of hydrogen-bond donors (Lipinski definition) is 1. The minimum absolute atomic E-state index is 0.329. The van der Waals surface area contributed by atoms with E-state index in [-0.39, 0.29) is 0 Å². The van der Waals surface area contributed by atoms with Crippen LogP contribution in [0.15, 0.2) is 46.3 Å². The van der Waals surface area contributed by atoms with Gasteiger partial charge in [0.1, 0.15) is 12.4 Å². The molecule has 0 aliphatic carbocycles. The second-order valence-corrected chi connectivity index (χ2v) is 5.96. The Bertz CT molecular complexity index is 472. The van der Waals surface area contributed by atoms with Crippen molar-refractivity contribution < 1.29 is 4.74 Å². The van der Waals surface area contributed by atoms with E-state index < -0.39 is 0 Å². The Labute approximate surface area is 120 Å². The van der Waals surface area contributed by atoms with E-state index in [1.807, 2.05) is 37.4 Å². The van der Waals surface area contributed by atoms with Crippen LogP contribution in [0, 0.1) is 0 Å². The van der Waals surface area contributed by atoms with Crippen molar-refractivity contribution in [2.45, 2.75) is 12.5 Å². The van der Waals surface area contributed by atoms with Crippen LogP contribution in [0.3, 0.4) is 0 Å². The third-order valence-electron chi connectivity index (χ3n) is 2.67. The van der Waals surface area contributed by atoms with Crippen LogP contribution in [0.2, 0.25) is 0 Å². The predicted octanol–water partition coefficient (Wildman–Crippen LogP) is 3.72. The maximum Gasteiger partial charge on any atom is 0.119 e. The van der Waals surface area contributed by atoms with Crippen LogP contribution in [0.5, 0.6) is 5.75 Å². The van der Waals surface area contributed by atoms with Gasteiger partial charge in [0.15, 0.2) is 0 Å². The predicted molar refractivity (Wildman–Crippen MR) is 80.5 cm³/mol. The molecule has 0 bridgehead atoms. The van der Waals surface area contributed by atoms with Crippen LogP contribution in [0.25, 0.3) is 0 Å². The number of thiophene rings is 1. The topological polar surface area (TPSA) is 21.3 Å². The molecule has 1 heterocycles. The average Bonchev–Trinajstić information content (AvgIpc) is 2.81. The summed E-state index contributed by atoms with van der Waals surface area (Å²) in [5.41, 5.74) is 0. The lowest BCUT2D eigenvalue weighted by Crippen LogP contribution is -2.33. The molecule has 1 aromatic carbocycles. The van der Waals surface area contributed by atoms with Gasteiger partial charge >= 0.3 is 0 Å². The van der Waals surface area contributed by atoms with Gasteiger partial charge in [-0.25, -0.2) is 0 Å². The van der Waals surface area contributed by atoms with Crippen LogP contribution < -0.4 is 10.1 Å². The van der Waals surface area contributed by atoms with Gasteiger partial charge in [0.25, 0.3) is 0 Å². The van der Waals surface area contributed by atoms with Crippen molar-refractivity contribution in [3.8, 4) is 5.75 Å². The minimum atomic E-state index is 0.329. The molecule has 2 nitrogen and oxygen atoms in total. The van der Waals surface area contributed by atoms with E-state index in [0.29, 0.717) is 12.6 Å². The summed E-state index contributed by atoms with van der Waals surface area (Å²) in [5, 5.41) is 5.41. The molecule has 4 heteroatoms. The Morgan fingerprint density at radius 3 is 2.72 bits per heavy atom. The molecule has 0 fully saturated rings. The standard InChI is InChI=1S/C14H16BrNOS/c1-16-12(8-14-7-11(15)10-18-14)9-17-13-5-3-2-4-6-13/h2-7,10,12,16H,8-9H2,1H3. The maximum absolute atomic E-state index is 5.77. The third-order valence-corrected chi connectivity index (χ3v) is 4.39. The normalized spacial score (nSPS) is 12.3. The van der Waals surface area contributed by atoms with Crippen LogP contribution in [0.4, 0.5) is 0 Å². The second kappa shape index (κ2) is 6.92. The van der Waals surface area contributed by atoms with Crippen molar-refractivity contribution in [3.63, 3.8) is 0 Å². The Balaban J connectivity index is 1.86. The summed E-state index contributed by atoms with van der Waals surface area (Å²) >= 11 is 5.25. The van der Waals surface area contributed by atoms with Gasteiger partial charge in [-0.3, -0.25) is 0 Å². The first kappa shape index (κ1) is 13.6. The number of halogens is 1. The lowest BCUT2D eigenvalue weighted by atomic mass is 10.2. The molecule has 1 aromatic heterocycles. The van der Waals surface area contributed by atoms with Crippen LogP contribution in [-0.2, 0) is 6.42 Å². The van der Waals surface area contributed by atoms with E-state index in [1.165, 1.54) is 4.88 Å². The zero-order valence-electron chi connectivity index (χ0n) is 10.2. The summed E-state index contributed by atoms with van der Waals surface area (Å²) in [4.78, 5) is 1.36. The van der Waals surface area contributed by atoms with E-state index >= 15 is 0 Å². The monoisotopic (exact) mass is 325 g/mol. The highest BCUT2D eigenvalue weighted by Crippen LogP contribution is 2.21. The van der Waals surface area contributed by atoms with Crippen LogP contribution >= 0.6 is 27.3 Å². The van der Waals surface area contributed by atoms with Gasteiger partial charge in [-0.05, 0) is 41.2 Å². The van der Waals surface area contributed by atoms with Crippen molar-refractivity contribution in [3.05, 3.63) is 51.1 Å². The molecule has 2 rings (SSSR count). The van der Waals surface area contributed by atoms with Gasteiger partial charge in [-0.1, -0.05) is 18.2 Å². The number of likely N-dealkylation sites (N-methyl/N-ethyl adjacent to an activating group) is 1. The van der Waals surface area contributed by atoms with Gasteiger partial charge in [-0.15, -0.1) is 11.3 Å². The molecule has 0 amide bonds. The van der Waals surface area contributed by atoms with Crippen molar-refractivity contribution in [2.75, 3.05) is 13.7 Å². The van der Waals surface area contributed by atoms with Gasteiger partial charge in [-0.2, -0.15) is 0 Å². The number of nitrogens with one attached hydrogen (secondary N) is 1. The fourth-order valence-corrected chi connectivity index (χ4v) is 3.19. The Kier molecular flexibility index (Phi) is 5.23. The highest BCUT2D eigenvalue weighted by molar-refractivity contribution is 9.10. The second-order valence-electron chi connectivity index (χ2n) is 4.05. The summed E-state index contributed by atoms with van der Waals surface area (Å²) < 4.78 is 6.92. The molecule has 1 N–H and O–H groups in total. The van der Waals surface area contributed by atoms with Crippen LogP contribution in [-0.4, -0.2) is 19.7 Å². The smallest absolute Gasteiger partial charge is 0.119 e. The summed E-state index contributed by atoms with van der Waals surface area (Å²) in [6, 6.07) is 12.4. The number of hydrogen-bond acceptors (Lipinski definition) is 3. The minimum Gasteiger partial charge on any atom is -0.492 e. The van der Waals surface area contributed by atoms with Crippen molar-refractivity contribution in [1.29, 1.82) is 0 Å². The summed E-state index contributed by atoms with van der Waals surface area (Å²) in [7, 11) is 1.97. The summed E-state index contributed by atoms with van der Waals surface area (Å²) in [6.07, 6.45) is 0.986. The fourth-order valence-electron chi connectivity index (χ4n) is 1.66. The molecule has 96 valence electrons. The SMILES string of the molecule is CNC(COc1ccccc1)Cc1cc(Br)cs1. The largest absolute Gasteiger partial charge is 0.492 e. The number of ether oxygens (including phenoxy) is 1. The molecular formula is C14H16BrNOS. The number of benzene rings is 1. The summed E-state index contributed by atoms with van der Waals surface area (Å²) in [5.74, 6) is 0.921. The first-order valence-electron chi connectivity index (χ1n) is 5.86. The molecule has 1 unspecified atom stereocenters. The first-order valence-corrected chi connectivity index (χ1v) is 7.53. The highest BCUT2D eigenvalue weighted by Gasteiger charge is 2.09. The Morgan fingerprint density at radius 1 is 1.33 bits per heavy atom. The first-order chi connectivity index (χ1) is 8.78. The lowest BCUT2D eigenvalue weighted by Gasteiger charge is -2.16. The van der Waals surface area contributed by atoms with Gasteiger partial charge in [0, 0.05) is 27.2 Å². The Hall–Kier alpha value is -0.840. The van der Waals surface area contributed by atoms with Crippen molar-refractivity contribution >= 4 is 27.3 Å². The molecule has 0 aliphatic heterocycles. The number of para-hydroxylation sites is 1. The Morgan fingerprint density at radius 2 is 2.11 bits per heavy atom. The molecule has 0 saturated heterocycles. The lowest BCUT2D eigenvalue weighted by molar-refractivity contribution is 0.270. The van der Waals surface area contributed by atoms with Crippen molar-refractivity contribution in [1.82, 2.24) is 5.32 Å². The van der Waals surface area contributed by atoms with Gasteiger partial charge < -0.3 is 10.1 Å². The molecule has 18 heavy (non-hydrogen) atoms.